The second-order valence-electron chi connectivity index (χ2n) is 18.0. The molecule has 4 aromatic rings. The number of nitrogens with zero attached hydrogens (tertiary/aromatic N) is 7. The van der Waals surface area contributed by atoms with Crippen molar-refractivity contribution in [3.63, 3.8) is 0 Å². The van der Waals surface area contributed by atoms with Crippen LogP contribution in [-0.2, 0) is 9.59 Å². The van der Waals surface area contributed by atoms with E-state index in [0.717, 1.165) is 68.8 Å². The highest BCUT2D eigenvalue weighted by atomic mass is 35.5. The number of benzene rings is 2. The van der Waals surface area contributed by atoms with E-state index in [4.69, 9.17) is 16.3 Å². The minimum absolute atomic E-state index is 0.153. The summed E-state index contributed by atoms with van der Waals surface area (Å²) in [5.74, 6) is 7.07. The Bertz CT molecular complexity index is 2510. The van der Waals surface area contributed by atoms with Crippen molar-refractivity contribution in [3.8, 4) is 23.7 Å². The van der Waals surface area contributed by atoms with Crippen molar-refractivity contribution in [2.75, 3.05) is 37.6 Å². The first-order chi connectivity index (χ1) is 29.2. The topological polar surface area (TPSA) is 175 Å². The lowest BCUT2D eigenvalue weighted by atomic mass is 9.49. The molecule has 5 heterocycles. The molecule has 1 unspecified atom stereocenters. The van der Waals surface area contributed by atoms with Gasteiger partial charge in [-0.1, -0.05) is 50.4 Å². The summed E-state index contributed by atoms with van der Waals surface area (Å²) in [4.78, 5) is 60.2. The van der Waals surface area contributed by atoms with Gasteiger partial charge >= 0.3 is 0 Å². The summed E-state index contributed by atoms with van der Waals surface area (Å²) in [5, 5.41) is 23.7. The van der Waals surface area contributed by atoms with Crippen molar-refractivity contribution in [2.24, 2.45) is 22.7 Å². The molecule has 2 N–H and O–H groups in total. The number of ether oxygens (including phenoxy) is 1. The fourth-order valence-electron chi connectivity index (χ4n) is 9.95. The molecule has 2 aromatic heterocycles. The Morgan fingerprint density at radius 2 is 1.72 bits per heavy atom. The number of nitrogens with one attached hydrogen (secondary N) is 2. The van der Waals surface area contributed by atoms with Gasteiger partial charge in [0.15, 0.2) is 0 Å². The Balaban J connectivity index is 0.786. The third-order valence-corrected chi connectivity index (χ3v) is 13.4. The zero-order chi connectivity index (χ0) is 43.1. The van der Waals surface area contributed by atoms with E-state index in [9.17, 15) is 24.4 Å². The highest BCUT2D eigenvalue weighted by Gasteiger charge is 2.64. The number of carbonyl (C=O) groups excluding carboxylic acids is 3. The number of carbonyl (C=O) groups is 3. The van der Waals surface area contributed by atoms with E-state index in [0.29, 0.717) is 50.3 Å². The highest BCUT2D eigenvalue weighted by molar-refractivity contribution is 6.31. The fourth-order valence-corrected chi connectivity index (χ4v) is 10.2. The Kier molecular flexibility index (Phi) is 11.6. The Labute approximate surface area is 360 Å². The lowest BCUT2D eigenvalue weighted by Crippen LogP contribution is -2.74. The number of halogens is 1. The maximum Gasteiger partial charge on any atom is 0.278 e. The number of fused-ring (bicyclic) bond motifs is 1. The minimum Gasteiger partial charge on any atom is -0.489 e. The van der Waals surface area contributed by atoms with Crippen LogP contribution < -0.4 is 25.8 Å². The van der Waals surface area contributed by atoms with Crippen molar-refractivity contribution in [3.05, 3.63) is 86.9 Å². The summed E-state index contributed by atoms with van der Waals surface area (Å²) in [6, 6.07) is 15.3. The van der Waals surface area contributed by atoms with E-state index in [1.54, 1.807) is 36.5 Å². The van der Waals surface area contributed by atoms with Gasteiger partial charge in [-0.25, -0.2) is 4.98 Å². The number of anilines is 1. The smallest absolute Gasteiger partial charge is 0.278 e. The number of amides is 3. The molecule has 1 aliphatic carbocycles. The van der Waals surface area contributed by atoms with Crippen molar-refractivity contribution in [2.45, 2.75) is 84.4 Å². The molecule has 14 nitrogen and oxygen atoms in total. The van der Waals surface area contributed by atoms with Gasteiger partial charge in [0, 0.05) is 66.8 Å². The van der Waals surface area contributed by atoms with Gasteiger partial charge in [-0.2, -0.15) is 9.94 Å². The summed E-state index contributed by atoms with van der Waals surface area (Å²) in [6.45, 7) is 13.1. The van der Waals surface area contributed by atoms with Crippen LogP contribution >= 0.6 is 11.6 Å². The molecular weight excluding hydrogens is 794 g/mol. The van der Waals surface area contributed by atoms with E-state index in [1.807, 2.05) is 18.2 Å². The zero-order valence-corrected chi connectivity index (χ0v) is 35.7. The number of piperidine rings is 3. The maximum atomic E-state index is 13.4. The van der Waals surface area contributed by atoms with Gasteiger partial charge in [-0.3, -0.25) is 24.5 Å². The molecule has 316 valence electrons. The van der Waals surface area contributed by atoms with Crippen LogP contribution in [0.3, 0.4) is 0 Å². The average molecular weight is 844 g/mol. The van der Waals surface area contributed by atoms with Crippen LogP contribution in [0.4, 0.5) is 5.69 Å². The molecule has 4 aliphatic rings. The lowest BCUT2D eigenvalue weighted by Gasteiger charge is -2.63. The zero-order valence-electron chi connectivity index (χ0n) is 34.9. The molecule has 15 heteroatoms. The maximum absolute atomic E-state index is 13.4. The van der Waals surface area contributed by atoms with Crippen LogP contribution in [0.2, 0.25) is 5.02 Å². The molecule has 4 fully saturated rings. The summed E-state index contributed by atoms with van der Waals surface area (Å²) < 4.78 is 7.47. The number of aromatic nitrogens is 4. The molecule has 1 atom stereocenters. The molecule has 3 aliphatic heterocycles. The van der Waals surface area contributed by atoms with Crippen molar-refractivity contribution < 1.29 is 19.1 Å². The predicted molar refractivity (Wildman–Crippen MR) is 230 cm³/mol. The molecular formula is C46H50ClN9O5. The molecule has 0 spiro atoms. The van der Waals surface area contributed by atoms with Gasteiger partial charge < -0.3 is 19.9 Å². The second kappa shape index (κ2) is 16.9. The van der Waals surface area contributed by atoms with Crippen molar-refractivity contribution in [1.82, 2.24) is 35.5 Å². The van der Waals surface area contributed by atoms with E-state index >= 15 is 0 Å². The number of hydrogen-bond donors (Lipinski definition) is 2. The average Bonchev–Trinajstić information content (AvgIpc) is 3.25. The Morgan fingerprint density at radius 1 is 0.967 bits per heavy atom. The largest absolute Gasteiger partial charge is 0.489 e. The Morgan fingerprint density at radius 3 is 2.39 bits per heavy atom. The molecule has 2 aromatic carbocycles. The molecule has 8 rings (SSSR count). The third-order valence-electron chi connectivity index (χ3n) is 13.1. The summed E-state index contributed by atoms with van der Waals surface area (Å²) in [7, 11) is 0. The summed E-state index contributed by atoms with van der Waals surface area (Å²) in [5.41, 5.74) is 1.81. The van der Waals surface area contributed by atoms with Crippen LogP contribution in [0, 0.1) is 45.8 Å². The molecule has 3 amide bonds. The Hall–Kier alpha value is -5.83. The number of nitriles is 1. The number of hydrogen-bond acceptors (Lipinski definition) is 11. The first kappa shape index (κ1) is 41.9. The van der Waals surface area contributed by atoms with Crippen LogP contribution in [0.15, 0.2) is 59.5 Å². The molecule has 0 bridgehead atoms. The third kappa shape index (κ3) is 8.57. The van der Waals surface area contributed by atoms with Gasteiger partial charge in [0.05, 0.1) is 21.5 Å². The van der Waals surface area contributed by atoms with E-state index in [2.05, 4.69) is 81.3 Å². The van der Waals surface area contributed by atoms with Crippen molar-refractivity contribution >= 4 is 45.9 Å². The van der Waals surface area contributed by atoms with Gasteiger partial charge in [0.1, 0.15) is 35.2 Å². The van der Waals surface area contributed by atoms with Crippen LogP contribution in [0.25, 0.3) is 10.9 Å². The minimum atomic E-state index is -0.851. The van der Waals surface area contributed by atoms with Crippen LogP contribution in [0.1, 0.15) is 93.9 Å². The predicted octanol–water partition coefficient (Wildman–Crippen LogP) is 5.28. The first-order valence-corrected chi connectivity index (χ1v) is 21.4. The van der Waals surface area contributed by atoms with Crippen LogP contribution in [0.5, 0.6) is 5.75 Å². The number of imide groups is 1. The molecule has 3 saturated heterocycles. The molecule has 0 radical (unpaired) electrons. The number of rotatable bonds is 8. The SMILES string of the molecule is CC1(C)C(NC(=O)c2ccc(C#CC3CCN(CC4CCN(c5ccc6nnn(C7CCC(=O)NC7=O)c(=O)c6c5)CC4)CC3)nc2)C(C)(C)C1Oc1ccc(C#N)c(Cl)c1. The van der Waals surface area contributed by atoms with Gasteiger partial charge in [0.2, 0.25) is 5.91 Å². The fraction of sp³-hybridized carbons (Fsp3) is 0.478. The summed E-state index contributed by atoms with van der Waals surface area (Å²) in [6.07, 6.45) is 5.86. The van der Waals surface area contributed by atoms with Crippen LogP contribution in [-0.4, -0.2) is 87.5 Å². The van der Waals surface area contributed by atoms with Crippen molar-refractivity contribution in [1.29, 1.82) is 5.26 Å². The van der Waals surface area contributed by atoms with E-state index in [1.165, 1.54) is 0 Å². The monoisotopic (exact) mass is 843 g/mol. The summed E-state index contributed by atoms with van der Waals surface area (Å²) >= 11 is 6.24. The van der Waals surface area contributed by atoms with E-state index in [-0.39, 0.29) is 53.2 Å². The van der Waals surface area contributed by atoms with Gasteiger partial charge in [-0.05, 0) is 99.5 Å². The normalized spacial score (nSPS) is 23.0. The second-order valence-corrected chi connectivity index (χ2v) is 18.4. The standard InChI is InChI=1S/C46H50ClN9O5/c1-45(2)43(46(3,4)44(45)61-34-11-7-30(25-48)36(47)24-34)51-40(58)31-6-9-32(49-26-31)8-5-28-15-19-54(20-16-28)27-29-17-21-55(22-18-29)33-10-12-37-35(23-33)42(60)56(53-52-37)38-13-14-39(57)50-41(38)59/h6-7,9-12,23-24,26,28-29,38,43-44H,13-22,27H2,1-4H3,(H,51,58)(H,50,57,59). The van der Waals surface area contributed by atoms with E-state index < -0.39 is 11.9 Å². The number of pyridine rings is 1. The first-order valence-electron chi connectivity index (χ1n) is 21.1. The quantitative estimate of drug-likeness (QED) is 0.174. The van der Waals surface area contributed by atoms with Gasteiger partial charge in [0.25, 0.3) is 17.4 Å². The lowest BCUT2D eigenvalue weighted by molar-refractivity contribution is -0.164. The number of likely N-dealkylation sites (tertiary alicyclic amines) is 1. The highest BCUT2D eigenvalue weighted by Crippen LogP contribution is 2.55. The van der Waals surface area contributed by atoms with Gasteiger partial charge in [-0.15, -0.1) is 5.10 Å². The molecule has 61 heavy (non-hydrogen) atoms. The molecule has 1 saturated carbocycles.